The van der Waals surface area contributed by atoms with Gasteiger partial charge in [-0.15, -0.1) is 0 Å². The number of nitrogens with zero attached hydrogens (tertiary/aromatic N) is 1. The molecule has 0 amide bonds. The van der Waals surface area contributed by atoms with Crippen LogP contribution in [0.5, 0.6) is 0 Å². The molecule has 2 atom stereocenters. The van der Waals surface area contributed by atoms with Gasteiger partial charge in [-0.2, -0.15) is 0 Å². The van der Waals surface area contributed by atoms with E-state index in [4.69, 9.17) is 5.73 Å². The Balaban J connectivity index is 1.64. The zero-order chi connectivity index (χ0) is 15.1. The number of nitrogens with two attached hydrogens (primary N) is 1. The van der Waals surface area contributed by atoms with E-state index in [2.05, 4.69) is 40.7 Å². The SMILES string of the molecule is Nc1cccc(C(O)CC2c3ccccc3C3=CNCN32)c1. The third kappa shape index (κ3) is 2.04. The maximum atomic E-state index is 10.6. The van der Waals surface area contributed by atoms with Crippen molar-refractivity contribution in [2.75, 3.05) is 12.4 Å². The van der Waals surface area contributed by atoms with Crippen molar-refractivity contribution in [3.63, 3.8) is 0 Å². The number of fused-ring (bicyclic) bond motifs is 3. The summed E-state index contributed by atoms with van der Waals surface area (Å²) in [5.74, 6) is 0. The van der Waals surface area contributed by atoms with Gasteiger partial charge in [0.05, 0.1) is 24.5 Å². The summed E-state index contributed by atoms with van der Waals surface area (Å²) >= 11 is 0. The number of hydrogen-bond acceptors (Lipinski definition) is 4. The van der Waals surface area contributed by atoms with Crippen molar-refractivity contribution >= 4 is 11.4 Å². The van der Waals surface area contributed by atoms with Crippen molar-refractivity contribution in [3.8, 4) is 0 Å². The van der Waals surface area contributed by atoms with Gasteiger partial charge < -0.3 is 21.1 Å². The predicted octanol–water partition coefficient (Wildman–Crippen LogP) is 2.61. The fourth-order valence-electron chi connectivity index (χ4n) is 3.48. The molecule has 0 saturated carbocycles. The third-order valence-electron chi connectivity index (χ3n) is 4.52. The molecule has 0 radical (unpaired) electrons. The van der Waals surface area contributed by atoms with Crippen LogP contribution in [0.3, 0.4) is 0 Å². The molecule has 4 N–H and O–H groups in total. The Hall–Kier alpha value is -2.46. The van der Waals surface area contributed by atoms with Gasteiger partial charge in [0.1, 0.15) is 0 Å². The second kappa shape index (κ2) is 5.07. The normalized spacial score (nSPS) is 20.1. The Labute approximate surface area is 129 Å². The molecular weight excluding hydrogens is 274 g/mol. The topological polar surface area (TPSA) is 61.5 Å². The molecule has 4 heteroatoms. The summed E-state index contributed by atoms with van der Waals surface area (Å²) in [7, 11) is 0. The second-order valence-corrected chi connectivity index (χ2v) is 5.89. The van der Waals surface area contributed by atoms with E-state index in [9.17, 15) is 5.11 Å². The van der Waals surface area contributed by atoms with Gasteiger partial charge in [-0.25, -0.2) is 0 Å². The van der Waals surface area contributed by atoms with E-state index in [0.717, 1.165) is 12.2 Å². The van der Waals surface area contributed by atoms with E-state index >= 15 is 0 Å². The minimum atomic E-state index is -0.526. The molecule has 2 aromatic carbocycles. The first-order chi connectivity index (χ1) is 10.7. The minimum Gasteiger partial charge on any atom is -0.399 e. The largest absolute Gasteiger partial charge is 0.399 e. The summed E-state index contributed by atoms with van der Waals surface area (Å²) in [6.45, 7) is 0.790. The van der Waals surface area contributed by atoms with Crippen LogP contribution >= 0.6 is 0 Å². The van der Waals surface area contributed by atoms with Crippen LogP contribution in [-0.4, -0.2) is 16.7 Å². The van der Waals surface area contributed by atoms with Crippen molar-refractivity contribution in [2.24, 2.45) is 0 Å². The highest BCUT2D eigenvalue weighted by atomic mass is 16.3. The van der Waals surface area contributed by atoms with Gasteiger partial charge in [0.15, 0.2) is 0 Å². The zero-order valence-electron chi connectivity index (χ0n) is 12.2. The molecule has 4 nitrogen and oxygen atoms in total. The molecule has 2 unspecified atom stereocenters. The molecule has 0 aliphatic carbocycles. The van der Waals surface area contributed by atoms with Gasteiger partial charge in [0, 0.05) is 23.9 Å². The molecule has 2 heterocycles. The van der Waals surface area contributed by atoms with Crippen molar-refractivity contribution in [1.29, 1.82) is 0 Å². The van der Waals surface area contributed by atoms with Crippen LogP contribution in [0, 0.1) is 0 Å². The minimum absolute atomic E-state index is 0.189. The monoisotopic (exact) mass is 293 g/mol. The Morgan fingerprint density at radius 3 is 2.95 bits per heavy atom. The average Bonchev–Trinajstić information content (AvgIpc) is 3.10. The summed E-state index contributed by atoms with van der Waals surface area (Å²) in [6.07, 6.45) is 2.19. The molecule has 2 aliphatic heterocycles. The lowest BCUT2D eigenvalue weighted by Gasteiger charge is -2.26. The maximum Gasteiger partial charge on any atom is 0.0879 e. The van der Waals surface area contributed by atoms with Gasteiger partial charge >= 0.3 is 0 Å². The van der Waals surface area contributed by atoms with E-state index < -0.39 is 6.10 Å². The van der Waals surface area contributed by atoms with Crippen LogP contribution in [0.15, 0.2) is 54.7 Å². The smallest absolute Gasteiger partial charge is 0.0879 e. The van der Waals surface area contributed by atoms with Crippen LogP contribution < -0.4 is 11.1 Å². The molecule has 0 aromatic heterocycles. The number of aliphatic hydroxyl groups excluding tert-OH is 1. The summed E-state index contributed by atoms with van der Waals surface area (Å²) in [6, 6.07) is 16.1. The lowest BCUT2D eigenvalue weighted by atomic mass is 9.96. The van der Waals surface area contributed by atoms with Crippen molar-refractivity contribution in [2.45, 2.75) is 18.6 Å². The van der Waals surface area contributed by atoms with E-state index in [1.807, 2.05) is 24.3 Å². The fourth-order valence-corrected chi connectivity index (χ4v) is 3.48. The number of anilines is 1. The molecule has 4 rings (SSSR count). The molecule has 0 fully saturated rings. The average molecular weight is 293 g/mol. The lowest BCUT2D eigenvalue weighted by molar-refractivity contribution is 0.131. The van der Waals surface area contributed by atoms with Gasteiger partial charge in [-0.3, -0.25) is 0 Å². The van der Waals surface area contributed by atoms with Gasteiger partial charge in [0.25, 0.3) is 0 Å². The first kappa shape index (κ1) is 13.2. The number of nitrogen functional groups attached to an aromatic ring is 1. The third-order valence-corrected chi connectivity index (χ3v) is 4.52. The summed E-state index contributed by atoms with van der Waals surface area (Å²) in [5, 5.41) is 13.9. The molecule has 0 bridgehead atoms. The maximum absolute atomic E-state index is 10.6. The zero-order valence-corrected chi connectivity index (χ0v) is 12.2. The predicted molar refractivity (Wildman–Crippen MR) is 87.4 cm³/mol. The first-order valence-corrected chi connectivity index (χ1v) is 7.57. The number of hydrogen-bond donors (Lipinski definition) is 3. The fraction of sp³-hybridized carbons (Fsp3) is 0.222. The molecule has 0 spiro atoms. The number of rotatable bonds is 3. The second-order valence-electron chi connectivity index (χ2n) is 5.89. The van der Waals surface area contributed by atoms with E-state index in [1.165, 1.54) is 16.8 Å². The number of benzene rings is 2. The highest BCUT2D eigenvalue weighted by molar-refractivity contribution is 5.73. The van der Waals surface area contributed by atoms with Crippen molar-refractivity contribution in [1.82, 2.24) is 10.2 Å². The van der Waals surface area contributed by atoms with E-state index in [1.54, 1.807) is 0 Å². The molecule has 0 saturated heterocycles. The van der Waals surface area contributed by atoms with Crippen LogP contribution in [0.1, 0.15) is 35.3 Å². The highest BCUT2D eigenvalue weighted by Crippen LogP contribution is 2.45. The number of aliphatic hydroxyl groups is 1. The van der Waals surface area contributed by atoms with Gasteiger partial charge in [-0.1, -0.05) is 36.4 Å². The van der Waals surface area contributed by atoms with Crippen molar-refractivity contribution < 1.29 is 5.11 Å². The Kier molecular flexibility index (Phi) is 3.05. The lowest BCUT2D eigenvalue weighted by Crippen LogP contribution is -2.25. The highest BCUT2D eigenvalue weighted by Gasteiger charge is 2.36. The molecule has 2 aliphatic rings. The Bertz CT molecular complexity index is 741. The summed E-state index contributed by atoms with van der Waals surface area (Å²) < 4.78 is 0. The van der Waals surface area contributed by atoms with Crippen LogP contribution in [0.2, 0.25) is 0 Å². The van der Waals surface area contributed by atoms with Crippen LogP contribution in [-0.2, 0) is 0 Å². The Morgan fingerprint density at radius 1 is 1.23 bits per heavy atom. The summed E-state index contributed by atoms with van der Waals surface area (Å²) in [5.41, 5.74) is 11.2. The molecule has 2 aromatic rings. The number of nitrogens with one attached hydrogen (secondary N) is 1. The molecule has 112 valence electrons. The Morgan fingerprint density at radius 2 is 2.09 bits per heavy atom. The first-order valence-electron chi connectivity index (χ1n) is 7.57. The quantitative estimate of drug-likeness (QED) is 0.761. The molecule has 22 heavy (non-hydrogen) atoms. The van der Waals surface area contributed by atoms with Gasteiger partial charge in [0.2, 0.25) is 0 Å². The summed E-state index contributed by atoms with van der Waals surface area (Å²) in [4.78, 5) is 2.32. The van der Waals surface area contributed by atoms with Crippen LogP contribution in [0.25, 0.3) is 5.70 Å². The van der Waals surface area contributed by atoms with Gasteiger partial charge in [-0.05, 0) is 23.3 Å². The standard InChI is InChI=1S/C18H19N3O/c19-13-5-3-4-12(8-13)18(22)9-16-14-6-1-2-7-15(14)17-10-20-11-21(16)17/h1-8,10,16,18,20,22H,9,11,19H2. The molecular formula is C18H19N3O. The van der Waals surface area contributed by atoms with Crippen molar-refractivity contribution in [3.05, 3.63) is 71.4 Å². The van der Waals surface area contributed by atoms with E-state index in [-0.39, 0.29) is 6.04 Å². The van der Waals surface area contributed by atoms with Crippen LogP contribution in [0.4, 0.5) is 5.69 Å². The van der Waals surface area contributed by atoms with E-state index in [0.29, 0.717) is 12.1 Å².